The number of allylic oxidation sites excluding steroid dienone is 2. The van der Waals surface area contributed by atoms with Crippen LogP contribution in [0.15, 0.2) is 24.3 Å². The van der Waals surface area contributed by atoms with Gasteiger partial charge in [0.15, 0.2) is 0 Å². The van der Waals surface area contributed by atoms with Crippen molar-refractivity contribution in [3.8, 4) is 5.75 Å². The highest BCUT2D eigenvalue weighted by molar-refractivity contribution is 5.79. The molecule has 2 heteroatoms. The van der Waals surface area contributed by atoms with E-state index < -0.39 is 0 Å². The van der Waals surface area contributed by atoms with E-state index >= 15 is 0 Å². The largest absolute Gasteiger partial charge is 0.497 e. The summed E-state index contributed by atoms with van der Waals surface area (Å²) in [5.74, 6) is 1.25. The predicted octanol–water partition coefficient (Wildman–Crippen LogP) is 3.78. The molecule has 0 aromatic heterocycles. The van der Waals surface area contributed by atoms with Crippen LogP contribution in [0.1, 0.15) is 43.7 Å². The maximum atomic E-state index is 11.3. The van der Waals surface area contributed by atoms with Crippen LogP contribution < -0.4 is 4.74 Å². The lowest BCUT2D eigenvalue weighted by molar-refractivity contribution is -0.118. The number of carbonyl (C=O) groups excluding carboxylic acids is 1. The maximum absolute atomic E-state index is 11.3. The van der Waals surface area contributed by atoms with Crippen LogP contribution in [0, 0.1) is 0 Å². The summed E-state index contributed by atoms with van der Waals surface area (Å²) in [6, 6.07) is 6.27. The van der Waals surface area contributed by atoms with Crippen molar-refractivity contribution >= 4 is 11.4 Å². The first kappa shape index (κ1) is 12.9. The van der Waals surface area contributed by atoms with Crippen molar-refractivity contribution in [3.05, 3.63) is 35.4 Å². The van der Waals surface area contributed by atoms with Gasteiger partial charge in [-0.2, -0.15) is 0 Å². The van der Waals surface area contributed by atoms with Gasteiger partial charge in [-0.3, -0.25) is 4.79 Å². The molecule has 18 heavy (non-hydrogen) atoms. The second-order valence-electron chi connectivity index (χ2n) is 4.68. The minimum Gasteiger partial charge on any atom is -0.497 e. The highest BCUT2D eigenvalue weighted by Gasteiger charge is 2.16. The Labute approximate surface area is 109 Å². The Morgan fingerprint density at radius 2 is 2.22 bits per heavy atom. The molecular weight excluding hydrogens is 224 g/mol. The SMILES string of the molecule is CCC(=O)CC/C=C1\CCc2ccc(OC)cc21. The third-order valence-electron chi connectivity index (χ3n) is 3.53. The van der Waals surface area contributed by atoms with Gasteiger partial charge < -0.3 is 4.74 Å². The van der Waals surface area contributed by atoms with Gasteiger partial charge in [0.25, 0.3) is 0 Å². The minimum atomic E-state index is 0.343. The van der Waals surface area contributed by atoms with Crippen molar-refractivity contribution < 1.29 is 9.53 Å². The zero-order chi connectivity index (χ0) is 13.0. The predicted molar refractivity (Wildman–Crippen MR) is 73.8 cm³/mol. The number of benzene rings is 1. The van der Waals surface area contributed by atoms with Gasteiger partial charge in [-0.05, 0) is 48.1 Å². The average Bonchev–Trinajstić information content (AvgIpc) is 2.81. The van der Waals surface area contributed by atoms with Crippen LogP contribution in [0.5, 0.6) is 5.75 Å². The van der Waals surface area contributed by atoms with Gasteiger partial charge in [-0.15, -0.1) is 0 Å². The monoisotopic (exact) mass is 244 g/mol. The van der Waals surface area contributed by atoms with Crippen LogP contribution in [-0.2, 0) is 11.2 Å². The number of hydrogen-bond acceptors (Lipinski definition) is 2. The van der Waals surface area contributed by atoms with Gasteiger partial charge in [-0.25, -0.2) is 0 Å². The van der Waals surface area contributed by atoms with Crippen molar-refractivity contribution in [3.63, 3.8) is 0 Å². The molecule has 0 fully saturated rings. The maximum Gasteiger partial charge on any atom is 0.132 e. The zero-order valence-electron chi connectivity index (χ0n) is 11.2. The Morgan fingerprint density at radius 1 is 1.39 bits per heavy atom. The summed E-state index contributed by atoms with van der Waals surface area (Å²) in [6.07, 6.45) is 6.58. The standard InChI is InChI=1S/C16H20O2/c1-3-14(17)6-4-5-12-7-8-13-9-10-15(18-2)11-16(12)13/h5,9-11H,3-4,6-8H2,1-2H3/b12-5+. The first-order valence-electron chi connectivity index (χ1n) is 6.62. The number of fused-ring (bicyclic) bond motifs is 1. The molecule has 1 aliphatic rings. The summed E-state index contributed by atoms with van der Waals surface area (Å²) in [5.41, 5.74) is 4.06. The smallest absolute Gasteiger partial charge is 0.132 e. The van der Waals surface area contributed by atoms with Crippen LogP contribution in [0.3, 0.4) is 0 Å². The van der Waals surface area contributed by atoms with Crippen molar-refractivity contribution in [2.24, 2.45) is 0 Å². The van der Waals surface area contributed by atoms with E-state index in [0.29, 0.717) is 18.6 Å². The fourth-order valence-electron chi connectivity index (χ4n) is 2.40. The second-order valence-corrected chi connectivity index (χ2v) is 4.68. The Bertz CT molecular complexity index is 472. The number of aryl methyl sites for hydroxylation is 1. The van der Waals surface area contributed by atoms with E-state index in [2.05, 4.69) is 18.2 Å². The van der Waals surface area contributed by atoms with Gasteiger partial charge in [0.05, 0.1) is 7.11 Å². The number of ether oxygens (including phenoxy) is 1. The van der Waals surface area contributed by atoms with E-state index in [1.165, 1.54) is 16.7 Å². The highest BCUT2D eigenvalue weighted by Crippen LogP contribution is 2.34. The fourth-order valence-corrected chi connectivity index (χ4v) is 2.40. The van der Waals surface area contributed by atoms with Crippen molar-refractivity contribution in [2.75, 3.05) is 7.11 Å². The first-order chi connectivity index (χ1) is 8.74. The van der Waals surface area contributed by atoms with Gasteiger partial charge in [0, 0.05) is 12.8 Å². The molecule has 0 saturated heterocycles. The highest BCUT2D eigenvalue weighted by atomic mass is 16.5. The second kappa shape index (κ2) is 5.85. The molecule has 0 atom stereocenters. The Kier molecular flexibility index (Phi) is 4.19. The Morgan fingerprint density at radius 3 is 2.94 bits per heavy atom. The van der Waals surface area contributed by atoms with E-state index in [1.807, 2.05) is 13.0 Å². The number of methoxy groups -OCH3 is 1. The van der Waals surface area contributed by atoms with Gasteiger partial charge in [0.2, 0.25) is 0 Å². The third kappa shape index (κ3) is 2.81. The molecular formula is C16H20O2. The summed E-state index contributed by atoms with van der Waals surface area (Å²) in [6.45, 7) is 1.92. The molecule has 1 aromatic carbocycles. The zero-order valence-corrected chi connectivity index (χ0v) is 11.2. The molecule has 0 spiro atoms. The Balaban J connectivity index is 2.10. The molecule has 0 radical (unpaired) electrons. The van der Waals surface area contributed by atoms with Crippen LogP contribution in [0.2, 0.25) is 0 Å². The summed E-state index contributed by atoms with van der Waals surface area (Å²) in [5, 5.41) is 0. The van der Waals surface area contributed by atoms with Crippen LogP contribution in [-0.4, -0.2) is 12.9 Å². The van der Waals surface area contributed by atoms with Crippen molar-refractivity contribution in [1.82, 2.24) is 0 Å². The first-order valence-corrected chi connectivity index (χ1v) is 6.62. The van der Waals surface area contributed by atoms with E-state index in [4.69, 9.17) is 4.74 Å². The summed E-state index contributed by atoms with van der Waals surface area (Å²) >= 11 is 0. The quantitative estimate of drug-likeness (QED) is 0.787. The van der Waals surface area contributed by atoms with Crippen molar-refractivity contribution in [2.45, 2.75) is 39.0 Å². The summed E-state index contributed by atoms with van der Waals surface area (Å²) < 4.78 is 5.27. The molecule has 0 bridgehead atoms. The number of hydrogen-bond donors (Lipinski definition) is 0. The van der Waals surface area contributed by atoms with Crippen molar-refractivity contribution in [1.29, 1.82) is 0 Å². The molecule has 96 valence electrons. The lowest BCUT2D eigenvalue weighted by atomic mass is 10.0. The van der Waals surface area contributed by atoms with Crippen LogP contribution in [0.4, 0.5) is 0 Å². The number of carbonyl (C=O) groups is 1. The fraction of sp³-hybridized carbons (Fsp3) is 0.438. The molecule has 1 aliphatic carbocycles. The molecule has 0 amide bonds. The van der Waals surface area contributed by atoms with Crippen LogP contribution in [0.25, 0.3) is 5.57 Å². The summed E-state index contributed by atoms with van der Waals surface area (Å²) in [4.78, 5) is 11.3. The average molecular weight is 244 g/mol. The molecule has 0 unspecified atom stereocenters. The van der Waals surface area contributed by atoms with E-state index in [-0.39, 0.29) is 0 Å². The Hall–Kier alpha value is -1.57. The van der Waals surface area contributed by atoms with Gasteiger partial charge >= 0.3 is 0 Å². The lowest BCUT2D eigenvalue weighted by Gasteiger charge is -2.05. The molecule has 2 rings (SSSR count). The lowest BCUT2D eigenvalue weighted by Crippen LogP contribution is -1.93. The molecule has 2 nitrogen and oxygen atoms in total. The van der Waals surface area contributed by atoms with Gasteiger partial charge in [0.1, 0.15) is 11.5 Å². The number of Topliss-reactive ketones (excluding diaryl/α,β-unsaturated/α-hetero) is 1. The van der Waals surface area contributed by atoms with Gasteiger partial charge in [-0.1, -0.05) is 19.1 Å². The molecule has 0 heterocycles. The molecule has 0 aliphatic heterocycles. The number of rotatable bonds is 5. The molecule has 1 aromatic rings. The third-order valence-corrected chi connectivity index (χ3v) is 3.53. The normalized spacial score (nSPS) is 15.8. The van der Waals surface area contributed by atoms with Crippen LogP contribution >= 0.6 is 0 Å². The molecule has 0 saturated carbocycles. The van der Waals surface area contributed by atoms with E-state index in [1.54, 1.807) is 7.11 Å². The van der Waals surface area contributed by atoms with E-state index in [9.17, 15) is 4.79 Å². The topological polar surface area (TPSA) is 26.3 Å². The minimum absolute atomic E-state index is 0.343. The summed E-state index contributed by atoms with van der Waals surface area (Å²) in [7, 11) is 1.69. The van der Waals surface area contributed by atoms with E-state index in [0.717, 1.165) is 25.0 Å². The number of ketones is 1. The molecule has 0 N–H and O–H groups in total.